The highest BCUT2D eigenvalue weighted by molar-refractivity contribution is 5.72. The average Bonchev–Trinajstić information content (AvgIpc) is 2.74. The van der Waals surface area contributed by atoms with Crippen LogP contribution in [0.15, 0.2) is 66.9 Å². The van der Waals surface area contributed by atoms with E-state index in [2.05, 4.69) is 20.3 Å². The number of pyridine rings is 1. The van der Waals surface area contributed by atoms with Gasteiger partial charge in [-0.1, -0.05) is 25.6 Å². The summed E-state index contributed by atoms with van der Waals surface area (Å²) in [7, 11) is 0. The number of alkyl halides is 3. The molecule has 176 valence electrons. The number of anilines is 3. The van der Waals surface area contributed by atoms with Crippen LogP contribution in [0.1, 0.15) is 24.2 Å². The molecule has 0 unspecified atom stereocenters. The van der Waals surface area contributed by atoms with E-state index in [0.717, 1.165) is 29.0 Å². The van der Waals surface area contributed by atoms with E-state index >= 15 is 0 Å². The molecule has 2 aromatic heterocycles. The maximum Gasteiger partial charge on any atom is 0.433 e. The second-order valence-electron chi connectivity index (χ2n) is 7.39. The van der Waals surface area contributed by atoms with Crippen molar-refractivity contribution in [2.45, 2.75) is 27.5 Å². The average molecular weight is 467 g/mol. The Morgan fingerprint density at radius 1 is 0.882 bits per heavy atom. The molecule has 34 heavy (non-hydrogen) atoms. The molecule has 4 aromatic rings. The zero-order chi connectivity index (χ0) is 23.6. The molecule has 0 atom stereocenters. The molecule has 0 spiro atoms. The van der Waals surface area contributed by atoms with Crippen molar-refractivity contribution in [3.8, 4) is 22.8 Å². The minimum Gasteiger partial charge on any atom is -0.457 e. The van der Waals surface area contributed by atoms with E-state index in [1.165, 1.54) is 6.07 Å². The quantitative estimate of drug-likeness (QED) is 0.331. The van der Waals surface area contributed by atoms with E-state index < -0.39 is 11.9 Å². The van der Waals surface area contributed by atoms with Gasteiger partial charge in [0.05, 0.1) is 5.69 Å². The molecule has 0 fully saturated rings. The van der Waals surface area contributed by atoms with Gasteiger partial charge in [0, 0.05) is 29.6 Å². The molecule has 0 amide bonds. The molecule has 0 aliphatic rings. The summed E-state index contributed by atoms with van der Waals surface area (Å²) in [5.74, 6) is 1.06. The number of aryl methyl sites for hydroxylation is 2. The van der Waals surface area contributed by atoms with Crippen LogP contribution in [-0.4, -0.2) is 15.0 Å². The molecule has 0 aliphatic carbocycles. The van der Waals surface area contributed by atoms with Crippen molar-refractivity contribution in [3.63, 3.8) is 0 Å². The lowest BCUT2D eigenvalue weighted by Gasteiger charge is -2.13. The fourth-order valence-corrected chi connectivity index (χ4v) is 3.40. The van der Waals surface area contributed by atoms with Crippen molar-refractivity contribution in [1.82, 2.24) is 15.0 Å². The van der Waals surface area contributed by atoms with Gasteiger partial charge in [-0.05, 0) is 55.3 Å². The molecule has 2 heterocycles. The van der Waals surface area contributed by atoms with E-state index in [0.29, 0.717) is 22.9 Å². The number of benzene rings is 2. The van der Waals surface area contributed by atoms with E-state index in [4.69, 9.17) is 10.5 Å². The zero-order valence-electron chi connectivity index (χ0n) is 17.8. The number of ether oxygens (including phenoxy) is 1. The molecular formula is C25H24F3N5O. The maximum absolute atomic E-state index is 12.8. The Kier molecular flexibility index (Phi) is 7.05. The fraction of sp³-hybridized carbons (Fsp3) is 0.160. The van der Waals surface area contributed by atoms with Crippen LogP contribution in [0.3, 0.4) is 0 Å². The van der Waals surface area contributed by atoms with Crippen LogP contribution in [0, 0.1) is 13.8 Å². The largest absolute Gasteiger partial charge is 0.457 e. The van der Waals surface area contributed by atoms with Crippen LogP contribution < -0.4 is 15.8 Å². The molecule has 0 radical (unpaired) electrons. The lowest BCUT2D eigenvalue weighted by atomic mass is 10.00. The van der Waals surface area contributed by atoms with Crippen LogP contribution in [0.4, 0.5) is 30.6 Å². The molecule has 3 N–H and O–H groups in total. The predicted octanol–water partition coefficient (Wildman–Crippen LogP) is 6.93. The van der Waals surface area contributed by atoms with Crippen molar-refractivity contribution >= 4 is 17.5 Å². The van der Waals surface area contributed by atoms with Crippen molar-refractivity contribution < 1.29 is 17.9 Å². The Balaban J connectivity index is 0.00000324. The molecule has 6 nitrogen and oxygen atoms in total. The summed E-state index contributed by atoms with van der Waals surface area (Å²) in [5, 5.41) is 3.17. The van der Waals surface area contributed by atoms with Gasteiger partial charge in [0.2, 0.25) is 5.95 Å². The summed E-state index contributed by atoms with van der Waals surface area (Å²) in [5.41, 5.74) is 9.46. The first-order valence-electron chi connectivity index (χ1n) is 9.98. The zero-order valence-corrected chi connectivity index (χ0v) is 17.8. The Bertz CT molecular complexity index is 1270. The first-order chi connectivity index (χ1) is 15.7. The number of nitrogens with one attached hydrogen (secondary N) is 1. The second kappa shape index (κ2) is 9.78. The maximum atomic E-state index is 12.8. The third-order valence-corrected chi connectivity index (χ3v) is 4.86. The topological polar surface area (TPSA) is 86.0 Å². The van der Waals surface area contributed by atoms with Gasteiger partial charge in [-0.25, -0.2) is 4.98 Å². The number of halogens is 3. The van der Waals surface area contributed by atoms with Crippen LogP contribution >= 0.6 is 0 Å². The fourth-order valence-electron chi connectivity index (χ4n) is 3.40. The summed E-state index contributed by atoms with van der Waals surface area (Å²) in [6.45, 7) is 4.01. The Morgan fingerprint density at radius 3 is 2.21 bits per heavy atom. The Labute approximate surface area is 195 Å². The summed E-state index contributed by atoms with van der Waals surface area (Å²) >= 11 is 0. The number of nitrogens with zero attached hydrogens (tertiary/aromatic N) is 3. The molecular weight excluding hydrogens is 443 g/mol. The van der Waals surface area contributed by atoms with Crippen LogP contribution in [0.5, 0.6) is 11.5 Å². The van der Waals surface area contributed by atoms with Crippen molar-refractivity contribution in [2.24, 2.45) is 0 Å². The number of aromatic nitrogens is 3. The van der Waals surface area contributed by atoms with Gasteiger partial charge in [-0.2, -0.15) is 18.2 Å². The van der Waals surface area contributed by atoms with Gasteiger partial charge in [-0.15, -0.1) is 0 Å². The van der Waals surface area contributed by atoms with Crippen molar-refractivity contribution in [2.75, 3.05) is 11.1 Å². The van der Waals surface area contributed by atoms with Crippen LogP contribution in [0.25, 0.3) is 11.3 Å². The first-order valence-corrected chi connectivity index (χ1v) is 9.98. The lowest BCUT2D eigenvalue weighted by molar-refractivity contribution is -0.141. The van der Waals surface area contributed by atoms with Crippen molar-refractivity contribution in [3.05, 3.63) is 83.7 Å². The minimum absolute atomic E-state index is 0. The SMILES string of the molecule is C.Cc1cccc(C)c1-c1cc(Nc2ccc(Oc3ccnc(C(F)(F)F)c3)cc2)nc(N)n1. The number of nitrogens with two attached hydrogens (primary N) is 1. The van der Waals surface area contributed by atoms with E-state index in [1.54, 1.807) is 24.3 Å². The van der Waals surface area contributed by atoms with Gasteiger partial charge >= 0.3 is 6.18 Å². The molecule has 2 aromatic carbocycles. The monoisotopic (exact) mass is 467 g/mol. The van der Waals surface area contributed by atoms with Crippen molar-refractivity contribution in [1.29, 1.82) is 0 Å². The summed E-state index contributed by atoms with van der Waals surface area (Å²) in [6, 6.07) is 16.7. The standard InChI is InChI=1S/C24H20F3N5O.CH4/c1-14-4-3-5-15(2)22(14)19-13-21(32-23(28)31-19)30-16-6-8-17(9-7-16)33-18-10-11-29-20(12-18)24(25,26)27;/h3-13H,1-2H3,(H3,28,30,31,32);1H4. The number of hydrogen-bond donors (Lipinski definition) is 2. The molecule has 0 saturated heterocycles. The number of hydrogen-bond acceptors (Lipinski definition) is 6. The number of nitrogen functional groups attached to an aromatic ring is 1. The summed E-state index contributed by atoms with van der Waals surface area (Å²) in [6.07, 6.45) is -3.48. The summed E-state index contributed by atoms with van der Waals surface area (Å²) in [4.78, 5) is 11.9. The van der Waals surface area contributed by atoms with Gasteiger partial charge in [0.25, 0.3) is 0 Å². The van der Waals surface area contributed by atoms with Gasteiger partial charge in [-0.3, -0.25) is 4.98 Å². The van der Waals surface area contributed by atoms with E-state index in [-0.39, 0.29) is 19.1 Å². The first kappa shape index (κ1) is 24.5. The number of rotatable bonds is 5. The lowest BCUT2D eigenvalue weighted by Crippen LogP contribution is -2.07. The predicted molar refractivity (Wildman–Crippen MR) is 127 cm³/mol. The Morgan fingerprint density at radius 2 is 1.56 bits per heavy atom. The van der Waals surface area contributed by atoms with Crippen LogP contribution in [0.2, 0.25) is 0 Å². The smallest absolute Gasteiger partial charge is 0.433 e. The van der Waals surface area contributed by atoms with E-state index in [1.807, 2.05) is 38.1 Å². The highest BCUT2D eigenvalue weighted by Crippen LogP contribution is 2.32. The third-order valence-electron chi connectivity index (χ3n) is 4.86. The van der Waals surface area contributed by atoms with Gasteiger partial charge in [0.1, 0.15) is 23.0 Å². The molecule has 0 bridgehead atoms. The molecule has 0 saturated carbocycles. The second-order valence-corrected chi connectivity index (χ2v) is 7.39. The normalized spacial score (nSPS) is 11.0. The highest BCUT2D eigenvalue weighted by Gasteiger charge is 2.32. The molecule has 4 rings (SSSR count). The molecule has 0 aliphatic heterocycles. The third kappa shape index (κ3) is 5.61. The highest BCUT2D eigenvalue weighted by atomic mass is 19.4. The van der Waals surface area contributed by atoms with Gasteiger partial charge < -0.3 is 15.8 Å². The van der Waals surface area contributed by atoms with Crippen LogP contribution in [-0.2, 0) is 6.18 Å². The molecule has 9 heteroatoms. The minimum atomic E-state index is -4.54. The van der Waals surface area contributed by atoms with Gasteiger partial charge in [0.15, 0.2) is 0 Å². The van der Waals surface area contributed by atoms with E-state index in [9.17, 15) is 13.2 Å². The summed E-state index contributed by atoms with van der Waals surface area (Å²) < 4.78 is 44.0. The Hall–Kier alpha value is -4.14.